The minimum Gasteiger partial charge on any atom is -0.496 e. The zero-order valence-electron chi connectivity index (χ0n) is 21.0. The summed E-state index contributed by atoms with van der Waals surface area (Å²) in [6.07, 6.45) is 6.47. The molecule has 33 heavy (non-hydrogen) atoms. The highest BCUT2D eigenvalue weighted by Gasteiger charge is 2.25. The van der Waals surface area contributed by atoms with Crippen LogP contribution < -0.4 is 14.8 Å². The van der Waals surface area contributed by atoms with E-state index in [-0.39, 0.29) is 17.6 Å². The first-order valence-corrected chi connectivity index (χ1v) is 12.0. The molecule has 0 heterocycles. The summed E-state index contributed by atoms with van der Waals surface area (Å²) in [6, 6.07) is 11.4. The first-order valence-electron chi connectivity index (χ1n) is 12.0. The molecule has 5 nitrogen and oxygen atoms in total. The molecule has 1 fully saturated rings. The number of anilines is 1. The van der Waals surface area contributed by atoms with Gasteiger partial charge in [-0.1, -0.05) is 38.5 Å². The summed E-state index contributed by atoms with van der Waals surface area (Å²) in [5.74, 6) is 2.86. The van der Waals surface area contributed by atoms with Gasteiger partial charge in [-0.15, -0.1) is 0 Å². The molecule has 0 aromatic heterocycles. The summed E-state index contributed by atoms with van der Waals surface area (Å²) >= 11 is 0. The number of aryl methyl sites for hydroxylation is 1. The predicted octanol–water partition coefficient (Wildman–Crippen LogP) is 6.62. The van der Waals surface area contributed by atoms with Gasteiger partial charge in [0.2, 0.25) is 5.91 Å². The van der Waals surface area contributed by atoms with Crippen LogP contribution in [0.5, 0.6) is 11.5 Å². The van der Waals surface area contributed by atoms with E-state index >= 15 is 0 Å². The second-order valence-electron chi connectivity index (χ2n) is 8.70. The highest BCUT2D eigenvalue weighted by Crippen LogP contribution is 2.32. The number of ether oxygens (including phenoxy) is 2. The van der Waals surface area contributed by atoms with Crippen LogP contribution in [0, 0.1) is 18.8 Å². The third kappa shape index (κ3) is 7.34. The fraction of sp³-hybridized carbons (Fsp3) is 0.500. The number of carbonyl (C=O) groups is 2. The Hall–Kier alpha value is -2.82. The van der Waals surface area contributed by atoms with Crippen molar-refractivity contribution in [2.75, 3.05) is 19.5 Å². The molecular formula is C28H39NO4. The summed E-state index contributed by atoms with van der Waals surface area (Å²) in [6.45, 7) is 7.83. The molecule has 1 aliphatic carbocycles. The van der Waals surface area contributed by atoms with Gasteiger partial charge in [0.1, 0.15) is 11.5 Å². The van der Waals surface area contributed by atoms with Gasteiger partial charge >= 0.3 is 0 Å². The first kappa shape index (κ1) is 26.4. The van der Waals surface area contributed by atoms with Gasteiger partial charge in [-0.2, -0.15) is 0 Å². The van der Waals surface area contributed by atoms with Crippen LogP contribution in [0.1, 0.15) is 74.4 Å². The van der Waals surface area contributed by atoms with Gasteiger partial charge in [0.15, 0.2) is 5.78 Å². The summed E-state index contributed by atoms with van der Waals surface area (Å²) < 4.78 is 10.5. The Kier molecular flexibility index (Phi) is 10.4. The summed E-state index contributed by atoms with van der Waals surface area (Å²) in [7, 11) is 3.28. The van der Waals surface area contributed by atoms with Gasteiger partial charge in [-0.25, -0.2) is 0 Å². The van der Waals surface area contributed by atoms with Crippen molar-refractivity contribution in [2.24, 2.45) is 11.8 Å². The van der Waals surface area contributed by atoms with Gasteiger partial charge in [-0.05, 0) is 69.6 Å². The molecule has 2 aromatic carbocycles. The number of rotatable bonds is 7. The average molecular weight is 454 g/mol. The van der Waals surface area contributed by atoms with E-state index in [0.29, 0.717) is 0 Å². The summed E-state index contributed by atoms with van der Waals surface area (Å²) in [4.78, 5) is 23.5. The molecule has 0 saturated heterocycles. The highest BCUT2D eigenvalue weighted by molar-refractivity contribution is 5.96. The molecule has 2 aromatic rings. The topological polar surface area (TPSA) is 64.6 Å². The van der Waals surface area contributed by atoms with Gasteiger partial charge in [0.25, 0.3) is 0 Å². The van der Waals surface area contributed by atoms with E-state index < -0.39 is 0 Å². The average Bonchev–Trinajstić information content (AvgIpc) is 2.84. The van der Waals surface area contributed by atoms with Crippen LogP contribution in [-0.2, 0) is 11.2 Å². The van der Waals surface area contributed by atoms with Crippen LogP contribution in [0.2, 0.25) is 0 Å². The molecule has 1 aliphatic rings. The first-order chi connectivity index (χ1) is 15.8. The minimum absolute atomic E-state index is 0.0933. The van der Waals surface area contributed by atoms with Gasteiger partial charge < -0.3 is 14.8 Å². The van der Waals surface area contributed by atoms with Crippen molar-refractivity contribution in [3.05, 3.63) is 53.1 Å². The lowest BCUT2D eigenvalue weighted by atomic mass is 9.80. The van der Waals surface area contributed by atoms with Crippen molar-refractivity contribution in [1.29, 1.82) is 0 Å². The number of carbonyl (C=O) groups excluding carboxylic acids is 2. The van der Waals surface area contributed by atoms with Crippen molar-refractivity contribution in [2.45, 2.75) is 66.2 Å². The zero-order chi connectivity index (χ0) is 24.4. The molecule has 0 unspecified atom stereocenters. The molecule has 1 amide bonds. The van der Waals surface area contributed by atoms with Crippen LogP contribution in [0.3, 0.4) is 0 Å². The van der Waals surface area contributed by atoms with Gasteiger partial charge in [0.05, 0.1) is 14.2 Å². The normalized spacial score (nSPS) is 17.4. The fourth-order valence-corrected chi connectivity index (χ4v) is 4.43. The van der Waals surface area contributed by atoms with Crippen LogP contribution in [-0.4, -0.2) is 25.9 Å². The van der Waals surface area contributed by atoms with E-state index in [1.54, 1.807) is 21.1 Å². The second kappa shape index (κ2) is 13.0. The maximum absolute atomic E-state index is 12.3. The van der Waals surface area contributed by atoms with Crippen molar-refractivity contribution in [1.82, 2.24) is 0 Å². The van der Waals surface area contributed by atoms with Crippen LogP contribution >= 0.6 is 0 Å². The van der Waals surface area contributed by atoms with E-state index in [9.17, 15) is 9.59 Å². The summed E-state index contributed by atoms with van der Waals surface area (Å²) in [5.41, 5.74) is 3.67. The number of benzene rings is 2. The van der Waals surface area contributed by atoms with E-state index in [1.807, 2.05) is 50.2 Å². The number of Topliss-reactive ketones (excluding diaryl/α,β-unsaturated/α-hetero) is 1. The van der Waals surface area contributed by atoms with Crippen LogP contribution in [0.4, 0.5) is 5.69 Å². The Balaban J connectivity index is 0.000000257. The lowest BCUT2D eigenvalue weighted by Crippen LogP contribution is -2.27. The number of nitrogens with one attached hydrogen (secondary N) is 1. The zero-order valence-corrected chi connectivity index (χ0v) is 21.0. The smallest absolute Gasteiger partial charge is 0.227 e. The monoisotopic (exact) mass is 453 g/mol. The standard InChI is InChI=1S/C17H25NO2.C11H14O2/c1-4-13-6-8-14(9-7-13)17(19)18-15-10-5-12(2)16(11-15)20-3;1-4-9-10(8(2)12)6-5-7-11(9)13-3/h5,10-11,13-14H,4,6-9H2,1-3H3,(H,18,19);5-7H,4H2,1-3H3. The van der Waals surface area contributed by atoms with Crippen molar-refractivity contribution in [3.63, 3.8) is 0 Å². The molecule has 0 bridgehead atoms. The Bertz CT molecular complexity index is 929. The third-order valence-corrected chi connectivity index (χ3v) is 6.56. The number of methoxy groups -OCH3 is 2. The minimum atomic E-state index is 0.0933. The Morgan fingerprint density at radius 2 is 1.64 bits per heavy atom. The Labute approximate surface area is 198 Å². The van der Waals surface area contributed by atoms with E-state index in [4.69, 9.17) is 9.47 Å². The van der Waals surface area contributed by atoms with Crippen molar-refractivity contribution < 1.29 is 19.1 Å². The van der Waals surface area contributed by atoms with Gasteiger partial charge in [-0.3, -0.25) is 9.59 Å². The van der Waals surface area contributed by atoms with Gasteiger partial charge in [0, 0.05) is 28.8 Å². The Morgan fingerprint density at radius 3 is 2.18 bits per heavy atom. The number of hydrogen-bond acceptors (Lipinski definition) is 4. The second-order valence-corrected chi connectivity index (χ2v) is 8.70. The van der Waals surface area contributed by atoms with E-state index in [2.05, 4.69) is 12.2 Å². The lowest BCUT2D eigenvalue weighted by molar-refractivity contribution is -0.121. The Morgan fingerprint density at radius 1 is 0.970 bits per heavy atom. The fourth-order valence-electron chi connectivity index (χ4n) is 4.43. The highest BCUT2D eigenvalue weighted by atomic mass is 16.5. The lowest BCUT2D eigenvalue weighted by Gasteiger charge is -2.27. The molecule has 0 atom stereocenters. The SMILES string of the molecule is CCC1CCC(C(=O)Nc2ccc(C)c(OC)c2)CC1.CCc1c(OC)cccc1C(C)=O. The number of amides is 1. The maximum Gasteiger partial charge on any atom is 0.227 e. The molecular weight excluding hydrogens is 414 g/mol. The van der Waals surface area contributed by atoms with Crippen LogP contribution in [0.25, 0.3) is 0 Å². The van der Waals surface area contributed by atoms with Crippen LogP contribution in [0.15, 0.2) is 36.4 Å². The van der Waals surface area contributed by atoms with E-state index in [1.165, 1.54) is 19.3 Å². The molecule has 180 valence electrons. The molecule has 1 N–H and O–H groups in total. The van der Waals surface area contributed by atoms with E-state index in [0.717, 1.165) is 59.1 Å². The third-order valence-electron chi connectivity index (χ3n) is 6.56. The maximum atomic E-state index is 12.3. The quantitative estimate of drug-likeness (QED) is 0.479. The van der Waals surface area contributed by atoms with Crippen molar-refractivity contribution >= 4 is 17.4 Å². The van der Waals surface area contributed by atoms with Crippen molar-refractivity contribution in [3.8, 4) is 11.5 Å². The number of hydrogen-bond donors (Lipinski definition) is 1. The molecule has 0 spiro atoms. The molecule has 1 saturated carbocycles. The number of ketones is 1. The molecule has 0 aliphatic heterocycles. The predicted molar refractivity (Wildman–Crippen MR) is 134 cm³/mol. The largest absolute Gasteiger partial charge is 0.496 e. The summed E-state index contributed by atoms with van der Waals surface area (Å²) in [5, 5.41) is 3.03. The molecule has 5 heteroatoms. The molecule has 3 rings (SSSR count). The molecule has 0 radical (unpaired) electrons.